The van der Waals surface area contributed by atoms with Crippen molar-refractivity contribution in [3.05, 3.63) is 16.2 Å². The summed E-state index contributed by atoms with van der Waals surface area (Å²) >= 11 is 3.14. The van der Waals surface area contributed by atoms with E-state index in [1.54, 1.807) is 0 Å². The van der Waals surface area contributed by atoms with Crippen molar-refractivity contribution in [2.24, 2.45) is 0 Å². The number of methoxy groups -OCH3 is 2. The van der Waals surface area contributed by atoms with Gasteiger partial charge in [-0.2, -0.15) is 0 Å². The lowest BCUT2D eigenvalue weighted by Gasteiger charge is -2.09. The Labute approximate surface area is 100 Å². The summed E-state index contributed by atoms with van der Waals surface area (Å²) in [6.07, 6.45) is 0. The Morgan fingerprint density at radius 3 is 2.75 bits per heavy atom. The van der Waals surface area contributed by atoms with Crippen LogP contribution in [0.15, 0.2) is 10.7 Å². The van der Waals surface area contributed by atoms with E-state index < -0.39 is 5.97 Å². The number of pyridine rings is 1. The van der Waals surface area contributed by atoms with Crippen LogP contribution in [-0.2, 0) is 4.74 Å². The first-order chi connectivity index (χ1) is 7.60. The molecule has 0 fully saturated rings. The zero-order valence-corrected chi connectivity index (χ0v) is 10.3. The molecule has 1 aromatic heterocycles. The molecule has 0 aromatic carbocycles. The maximum atomic E-state index is 10.9. The van der Waals surface area contributed by atoms with Gasteiger partial charge < -0.3 is 19.3 Å². The molecule has 0 aliphatic carbocycles. The highest BCUT2D eigenvalue weighted by Crippen LogP contribution is 2.29. The molecule has 6 nitrogen and oxygen atoms in total. The molecule has 88 valence electrons. The molecule has 1 aromatic rings. The normalized spacial score (nSPS) is 9.94. The quantitative estimate of drug-likeness (QED) is 0.655. The molecule has 0 aliphatic rings. The highest BCUT2D eigenvalue weighted by Gasteiger charge is 2.17. The third-order valence-corrected chi connectivity index (χ3v) is 2.23. The Morgan fingerprint density at radius 1 is 1.56 bits per heavy atom. The van der Waals surface area contributed by atoms with Crippen molar-refractivity contribution < 1.29 is 24.1 Å². The van der Waals surface area contributed by atoms with Crippen LogP contribution in [0.5, 0.6) is 11.6 Å². The zero-order chi connectivity index (χ0) is 12.1. The number of hydrogen-bond donors (Lipinski definition) is 1. The van der Waals surface area contributed by atoms with E-state index in [0.717, 1.165) is 0 Å². The fraction of sp³-hybridized carbons (Fsp3) is 0.333. The van der Waals surface area contributed by atoms with Crippen LogP contribution in [0.25, 0.3) is 0 Å². The number of ether oxygens (including phenoxy) is 3. The summed E-state index contributed by atoms with van der Waals surface area (Å²) in [6.45, 7) is 0.00562. The van der Waals surface area contributed by atoms with Crippen LogP contribution in [0.1, 0.15) is 10.4 Å². The molecule has 1 heterocycles. The molecule has 0 bridgehead atoms. The molecular weight excluding hydrogens is 282 g/mol. The van der Waals surface area contributed by atoms with E-state index in [1.165, 1.54) is 20.3 Å². The number of aromatic nitrogens is 1. The Morgan fingerprint density at radius 2 is 2.25 bits per heavy atom. The Bertz CT molecular complexity index is 396. The van der Waals surface area contributed by atoms with Crippen molar-refractivity contribution in [2.45, 2.75) is 0 Å². The number of nitrogens with zero attached hydrogens (tertiary/aromatic N) is 1. The first kappa shape index (κ1) is 12.7. The molecule has 16 heavy (non-hydrogen) atoms. The lowest BCUT2D eigenvalue weighted by molar-refractivity contribution is 0.0497. The smallest absolute Gasteiger partial charge is 0.341 e. The summed E-state index contributed by atoms with van der Waals surface area (Å²) < 4.78 is 15.0. The average molecular weight is 292 g/mol. The van der Waals surface area contributed by atoms with Gasteiger partial charge in [0.25, 0.3) is 0 Å². The molecule has 0 amide bonds. The van der Waals surface area contributed by atoms with Gasteiger partial charge in [-0.05, 0) is 15.9 Å². The number of halogens is 1. The largest absolute Gasteiger partial charge is 0.480 e. The molecule has 0 saturated heterocycles. The third kappa shape index (κ3) is 2.83. The van der Waals surface area contributed by atoms with Gasteiger partial charge in [0.15, 0.2) is 17.1 Å². The van der Waals surface area contributed by atoms with Crippen molar-refractivity contribution in [2.75, 3.05) is 21.0 Å². The predicted molar refractivity (Wildman–Crippen MR) is 58.0 cm³/mol. The third-order valence-electron chi connectivity index (χ3n) is 1.66. The lowest BCUT2D eigenvalue weighted by atomic mass is 10.2. The maximum absolute atomic E-state index is 10.9. The van der Waals surface area contributed by atoms with Crippen LogP contribution in [0.2, 0.25) is 0 Å². The fourth-order valence-electron chi connectivity index (χ4n) is 0.989. The summed E-state index contributed by atoms with van der Waals surface area (Å²) in [5, 5.41) is 8.92. The van der Waals surface area contributed by atoms with E-state index in [2.05, 4.69) is 20.9 Å². The minimum Gasteiger partial charge on any atom is -0.480 e. The highest BCUT2D eigenvalue weighted by molar-refractivity contribution is 9.10. The molecule has 0 radical (unpaired) electrons. The molecular formula is C9H10BrNO5. The van der Waals surface area contributed by atoms with Crippen molar-refractivity contribution in [3.8, 4) is 11.6 Å². The van der Waals surface area contributed by atoms with Gasteiger partial charge in [0, 0.05) is 13.2 Å². The average Bonchev–Trinajstić information content (AvgIpc) is 2.26. The van der Waals surface area contributed by atoms with Crippen molar-refractivity contribution in [1.82, 2.24) is 4.98 Å². The summed E-state index contributed by atoms with van der Waals surface area (Å²) in [7, 11) is 2.81. The van der Waals surface area contributed by atoms with Gasteiger partial charge in [-0.3, -0.25) is 0 Å². The summed E-state index contributed by atoms with van der Waals surface area (Å²) in [4.78, 5) is 14.8. The summed E-state index contributed by atoms with van der Waals surface area (Å²) in [5.41, 5.74) is -0.0724. The van der Waals surface area contributed by atoms with Gasteiger partial charge in [-0.15, -0.1) is 0 Å². The molecule has 1 N–H and O–H groups in total. The highest BCUT2D eigenvalue weighted by atomic mass is 79.9. The first-order valence-electron chi connectivity index (χ1n) is 4.19. The van der Waals surface area contributed by atoms with Crippen molar-refractivity contribution in [1.29, 1.82) is 0 Å². The minimum absolute atomic E-state index is 0.00562. The van der Waals surface area contributed by atoms with Crippen LogP contribution in [-0.4, -0.2) is 37.1 Å². The monoisotopic (exact) mass is 291 g/mol. The Kier molecular flexibility index (Phi) is 4.51. The SMILES string of the molecule is COCOc1cc(C(=O)O)c(OC)nc1Br. The number of rotatable bonds is 5. The van der Waals surface area contributed by atoms with Gasteiger partial charge in [-0.1, -0.05) is 0 Å². The molecule has 0 atom stereocenters. The van der Waals surface area contributed by atoms with Gasteiger partial charge in [0.1, 0.15) is 5.56 Å². The van der Waals surface area contributed by atoms with E-state index in [1.807, 2.05) is 0 Å². The Balaban J connectivity index is 3.11. The summed E-state index contributed by atoms with van der Waals surface area (Å²) in [6, 6.07) is 1.32. The van der Waals surface area contributed by atoms with Gasteiger partial charge in [0.05, 0.1) is 7.11 Å². The molecule has 0 saturated carbocycles. The van der Waals surface area contributed by atoms with Gasteiger partial charge in [-0.25, -0.2) is 9.78 Å². The number of aromatic carboxylic acids is 1. The second-order valence-corrected chi connectivity index (χ2v) is 3.44. The van der Waals surface area contributed by atoms with E-state index >= 15 is 0 Å². The second-order valence-electron chi connectivity index (χ2n) is 2.69. The van der Waals surface area contributed by atoms with Crippen molar-refractivity contribution >= 4 is 21.9 Å². The molecule has 0 unspecified atom stereocenters. The van der Waals surface area contributed by atoms with Crippen LogP contribution < -0.4 is 9.47 Å². The van der Waals surface area contributed by atoms with E-state index in [4.69, 9.17) is 19.3 Å². The topological polar surface area (TPSA) is 77.9 Å². The van der Waals surface area contributed by atoms with E-state index in [9.17, 15) is 4.79 Å². The Hall–Kier alpha value is -1.34. The first-order valence-corrected chi connectivity index (χ1v) is 4.99. The van der Waals surface area contributed by atoms with Crippen LogP contribution in [0, 0.1) is 0 Å². The molecule has 1 rings (SSSR count). The van der Waals surface area contributed by atoms with Gasteiger partial charge in [0.2, 0.25) is 5.88 Å². The van der Waals surface area contributed by atoms with Gasteiger partial charge >= 0.3 is 5.97 Å². The fourth-order valence-corrected chi connectivity index (χ4v) is 1.38. The summed E-state index contributed by atoms with van der Waals surface area (Å²) in [5.74, 6) is -0.844. The van der Waals surface area contributed by atoms with Crippen LogP contribution in [0.4, 0.5) is 0 Å². The van der Waals surface area contributed by atoms with E-state index in [0.29, 0.717) is 4.60 Å². The number of hydrogen-bond acceptors (Lipinski definition) is 5. The number of carbonyl (C=O) groups is 1. The van der Waals surface area contributed by atoms with Crippen molar-refractivity contribution in [3.63, 3.8) is 0 Å². The number of carboxylic acid groups (broad SMARTS) is 1. The minimum atomic E-state index is -1.14. The predicted octanol–water partition coefficient (Wildman–Crippen LogP) is 1.53. The molecule has 0 spiro atoms. The van der Waals surface area contributed by atoms with Crippen LogP contribution >= 0.6 is 15.9 Å². The number of carboxylic acids is 1. The lowest BCUT2D eigenvalue weighted by Crippen LogP contribution is -2.06. The molecule has 0 aliphatic heterocycles. The second kappa shape index (κ2) is 5.66. The zero-order valence-electron chi connectivity index (χ0n) is 8.69. The van der Waals surface area contributed by atoms with Crippen LogP contribution in [0.3, 0.4) is 0 Å². The molecule has 7 heteroatoms. The maximum Gasteiger partial charge on any atom is 0.341 e. The van der Waals surface area contributed by atoms with E-state index in [-0.39, 0.29) is 24.0 Å². The standard InChI is InChI=1S/C9H10BrNO5/c1-14-4-16-6-3-5(9(12)13)8(15-2)11-7(6)10/h3H,4H2,1-2H3,(H,12,13).